The van der Waals surface area contributed by atoms with E-state index in [1.165, 1.54) is 4.90 Å². The lowest BCUT2D eigenvalue weighted by atomic mass is 10.0. The van der Waals surface area contributed by atoms with E-state index in [1.54, 1.807) is 24.3 Å². The molecule has 1 heterocycles. The third-order valence-corrected chi connectivity index (χ3v) is 4.08. The molecule has 0 N–H and O–H groups in total. The molecule has 0 bridgehead atoms. The van der Waals surface area contributed by atoms with Gasteiger partial charge >= 0.3 is 0 Å². The zero-order valence-electron chi connectivity index (χ0n) is 13.0. The lowest BCUT2D eigenvalue weighted by molar-refractivity contribution is 0.0565. The van der Waals surface area contributed by atoms with Crippen molar-refractivity contribution >= 4 is 11.8 Å². The van der Waals surface area contributed by atoms with Gasteiger partial charge in [0.05, 0.1) is 11.1 Å². The van der Waals surface area contributed by atoms with Crippen LogP contribution in [-0.2, 0) is 0 Å². The second kappa shape index (κ2) is 7.74. The molecule has 116 valence electrons. The smallest absolute Gasteiger partial charge is 0.261 e. The van der Waals surface area contributed by atoms with Crippen LogP contribution in [-0.4, -0.2) is 22.8 Å². The summed E-state index contributed by atoms with van der Waals surface area (Å²) in [7, 11) is 0. The van der Waals surface area contributed by atoms with Crippen molar-refractivity contribution in [2.45, 2.75) is 44.6 Å². The van der Waals surface area contributed by atoms with Gasteiger partial charge in [-0.3, -0.25) is 14.5 Å². The van der Waals surface area contributed by atoms with Crippen LogP contribution in [0.25, 0.3) is 0 Å². The molecule has 0 spiro atoms. The Labute approximate surface area is 132 Å². The van der Waals surface area contributed by atoms with Crippen molar-refractivity contribution in [2.75, 3.05) is 0 Å². The molecule has 0 atom stereocenters. The van der Waals surface area contributed by atoms with Crippen molar-refractivity contribution in [1.29, 1.82) is 0 Å². The monoisotopic (exact) mass is 297 g/mol. The van der Waals surface area contributed by atoms with E-state index < -0.39 is 0 Å². The molecule has 0 fully saturated rings. The highest BCUT2D eigenvalue weighted by Gasteiger charge is 2.38. The summed E-state index contributed by atoms with van der Waals surface area (Å²) in [4.78, 5) is 26.6. The highest BCUT2D eigenvalue weighted by Crippen LogP contribution is 2.28. The molecule has 0 aliphatic carbocycles. The number of nitrogens with zero attached hydrogens (tertiary/aromatic N) is 1. The zero-order chi connectivity index (χ0) is 15.9. The maximum absolute atomic E-state index is 12.6. The minimum Gasteiger partial charge on any atom is -0.271 e. The van der Waals surface area contributed by atoms with Crippen molar-refractivity contribution < 1.29 is 9.59 Å². The van der Waals surface area contributed by atoms with Crippen LogP contribution >= 0.6 is 0 Å². The van der Waals surface area contributed by atoms with Gasteiger partial charge in [-0.25, -0.2) is 0 Å². The summed E-state index contributed by atoms with van der Waals surface area (Å²) in [5.74, 6) is -0.300. The minimum atomic E-state index is -0.150. The van der Waals surface area contributed by atoms with Crippen LogP contribution in [0.3, 0.4) is 0 Å². The SMILES string of the molecule is C=CCCCC(CCCC=C)N1C(=O)c2ccccc2C1=O. The van der Waals surface area contributed by atoms with Crippen molar-refractivity contribution in [3.63, 3.8) is 0 Å². The highest BCUT2D eigenvalue weighted by molar-refractivity contribution is 6.21. The van der Waals surface area contributed by atoms with Gasteiger partial charge in [0, 0.05) is 6.04 Å². The Bertz CT molecular complexity index is 528. The molecule has 3 nitrogen and oxygen atoms in total. The minimum absolute atomic E-state index is 0.0349. The number of carbonyl (C=O) groups excluding carboxylic acids is 2. The van der Waals surface area contributed by atoms with E-state index in [0.717, 1.165) is 38.5 Å². The van der Waals surface area contributed by atoms with Gasteiger partial charge in [0.15, 0.2) is 0 Å². The second-order valence-electron chi connectivity index (χ2n) is 5.62. The van der Waals surface area contributed by atoms with Crippen molar-refractivity contribution in [1.82, 2.24) is 4.90 Å². The Kier molecular flexibility index (Phi) is 5.70. The molecule has 0 aromatic heterocycles. The molecule has 3 heteroatoms. The summed E-state index contributed by atoms with van der Waals surface area (Å²) in [6.07, 6.45) is 9.10. The Balaban J connectivity index is 2.16. The number of rotatable bonds is 9. The number of allylic oxidation sites excluding steroid dienone is 2. The molecule has 1 aliphatic rings. The Hall–Kier alpha value is -2.16. The molecular formula is C19H23NO2. The molecule has 1 aromatic rings. The summed E-state index contributed by atoms with van der Waals surface area (Å²) in [5, 5.41) is 0. The third kappa shape index (κ3) is 3.35. The molecular weight excluding hydrogens is 274 g/mol. The average Bonchev–Trinajstić information content (AvgIpc) is 2.78. The van der Waals surface area contributed by atoms with Gasteiger partial charge in [0.1, 0.15) is 0 Å². The van der Waals surface area contributed by atoms with E-state index in [4.69, 9.17) is 0 Å². The van der Waals surface area contributed by atoms with Crippen molar-refractivity contribution in [3.8, 4) is 0 Å². The first-order valence-electron chi connectivity index (χ1n) is 7.89. The first kappa shape index (κ1) is 16.2. The highest BCUT2D eigenvalue weighted by atomic mass is 16.2. The number of hydrogen-bond donors (Lipinski definition) is 0. The first-order chi connectivity index (χ1) is 10.7. The average molecular weight is 297 g/mol. The molecule has 0 unspecified atom stereocenters. The van der Waals surface area contributed by atoms with Crippen molar-refractivity contribution in [3.05, 3.63) is 60.7 Å². The van der Waals surface area contributed by atoms with E-state index in [9.17, 15) is 9.59 Å². The van der Waals surface area contributed by atoms with Crippen LogP contribution in [0.5, 0.6) is 0 Å². The number of benzene rings is 1. The maximum Gasteiger partial charge on any atom is 0.261 e. The lowest BCUT2D eigenvalue weighted by Gasteiger charge is -2.26. The Morgan fingerprint density at radius 2 is 1.36 bits per heavy atom. The van der Waals surface area contributed by atoms with E-state index in [1.807, 2.05) is 12.2 Å². The van der Waals surface area contributed by atoms with Gasteiger partial charge < -0.3 is 0 Å². The number of hydrogen-bond acceptors (Lipinski definition) is 2. The van der Waals surface area contributed by atoms with Crippen LogP contribution in [0.2, 0.25) is 0 Å². The van der Waals surface area contributed by atoms with Crippen molar-refractivity contribution in [2.24, 2.45) is 0 Å². The molecule has 2 amide bonds. The van der Waals surface area contributed by atoms with Gasteiger partial charge in [0.2, 0.25) is 0 Å². The van der Waals surface area contributed by atoms with E-state index in [-0.39, 0.29) is 17.9 Å². The first-order valence-corrected chi connectivity index (χ1v) is 7.89. The summed E-state index contributed by atoms with van der Waals surface area (Å²) in [6.45, 7) is 7.46. The van der Waals surface area contributed by atoms with Gasteiger partial charge in [-0.05, 0) is 50.7 Å². The number of unbranched alkanes of at least 4 members (excludes halogenated alkanes) is 2. The normalized spacial score (nSPS) is 13.6. The van der Waals surface area contributed by atoms with Crippen LogP contribution < -0.4 is 0 Å². The standard InChI is InChI=1S/C19H23NO2/c1-3-5-7-11-15(12-8-6-4-2)20-18(21)16-13-9-10-14-17(16)19(20)22/h3-4,9-10,13-15H,1-2,5-8,11-12H2. The molecule has 22 heavy (non-hydrogen) atoms. The molecule has 2 rings (SSSR count). The second-order valence-corrected chi connectivity index (χ2v) is 5.62. The number of carbonyl (C=O) groups is 2. The van der Waals surface area contributed by atoms with E-state index >= 15 is 0 Å². The zero-order valence-corrected chi connectivity index (χ0v) is 13.0. The fourth-order valence-electron chi connectivity index (χ4n) is 2.94. The van der Waals surface area contributed by atoms with Crippen LogP contribution in [0.4, 0.5) is 0 Å². The topological polar surface area (TPSA) is 37.4 Å². The molecule has 0 radical (unpaired) electrons. The number of fused-ring (bicyclic) bond motifs is 1. The summed E-state index contributed by atoms with van der Waals surface area (Å²) < 4.78 is 0. The van der Waals surface area contributed by atoms with Crippen LogP contribution in [0.1, 0.15) is 59.2 Å². The van der Waals surface area contributed by atoms with Gasteiger partial charge in [-0.1, -0.05) is 24.3 Å². The Morgan fingerprint density at radius 1 is 0.909 bits per heavy atom. The number of amides is 2. The van der Waals surface area contributed by atoms with Crippen LogP contribution in [0.15, 0.2) is 49.6 Å². The summed E-state index contributed by atoms with van der Waals surface area (Å²) in [6, 6.07) is 7.04. The van der Waals surface area contributed by atoms with Gasteiger partial charge in [-0.2, -0.15) is 0 Å². The Morgan fingerprint density at radius 3 is 1.77 bits per heavy atom. The molecule has 1 aliphatic heterocycles. The van der Waals surface area contributed by atoms with E-state index in [2.05, 4.69) is 13.2 Å². The quantitative estimate of drug-likeness (QED) is 0.386. The van der Waals surface area contributed by atoms with E-state index in [0.29, 0.717) is 11.1 Å². The van der Waals surface area contributed by atoms with Gasteiger partial charge in [0.25, 0.3) is 11.8 Å². The molecule has 1 aromatic carbocycles. The predicted molar refractivity (Wildman–Crippen MR) is 88.8 cm³/mol. The molecule has 0 saturated carbocycles. The van der Waals surface area contributed by atoms with Crippen LogP contribution in [0, 0.1) is 0 Å². The fourth-order valence-corrected chi connectivity index (χ4v) is 2.94. The largest absolute Gasteiger partial charge is 0.271 e. The molecule has 0 saturated heterocycles. The summed E-state index contributed by atoms with van der Waals surface area (Å²) in [5.41, 5.74) is 1.06. The summed E-state index contributed by atoms with van der Waals surface area (Å²) >= 11 is 0. The maximum atomic E-state index is 12.6. The predicted octanol–water partition coefficient (Wildman–Crippen LogP) is 4.36. The lowest BCUT2D eigenvalue weighted by Crippen LogP contribution is -2.39. The fraction of sp³-hybridized carbons (Fsp3) is 0.368. The van der Waals surface area contributed by atoms with Gasteiger partial charge in [-0.15, -0.1) is 13.2 Å². The third-order valence-electron chi connectivity index (χ3n) is 4.08. The number of imide groups is 1.